The summed E-state index contributed by atoms with van der Waals surface area (Å²) in [4.78, 5) is 22.4. The highest BCUT2D eigenvalue weighted by atomic mass is 35.5. The van der Waals surface area contributed by atoms with Crippen LogP contribution in [0.25, 0.3) is 0 Å². The van der Waals surface area contributed by atoms with E-state index in [1.165, 1.54) is 6.07 Å². The van der Waals surface area contributed by atoms with Gasteiger partial charge in [0.15, 0.2) is 5.82 Å². The van der Waals surface area contributed by atoms with Gasteiger partial charge < -0.3 is 14.3 Å². The van der Waals surface area contributed by atoms with E-state index in [1.54, 1.807) is 11.8 Å². The Morgan fingerprint density at radius 2 is 2.03 bits per heavy atom. The number of hydrogen-bond acceptors (Lipinski definition) is 5. The van der Waals surface area contributed by atoms with E-state index in [1.807, 2.05) is 9.80 Å². The predicted molar refractivity (Wildman–Crippen MR) is 102 cm³/mol. The SMILES string of the molecule is Cc1noc(CN2CCN(C3CCN(Cc4cc(C(F)(F)F)ccc4Cl)C3)C2=O)n1. The van der Waals surface area contributed by atoms with Crippen molar-refractivity contribution in [3.8, 4) is 0 Å². The number of hydrogen-bond donors (Lipinski definition) is 0. The summed E-state index contributed by atoms with van der Waals surface area (Å²) in [5, 5.41) is 4.04. The van der Waals surface area contributed by atoms with Gasteiger partial charge in [0.1, 0.15) is 6.54 Å². The molecule has 1 unspecified atom stereocenters. The number of rotatable bonds is 5. The summed E-state index contributed by atoms with van der Waals surface area (Å²) in [5.74, 6) is 0.920. The number of carbonyl (C=O) groups is 1. The number of carbonyl (C=O) groups excluding carboxylic acids is 1. The normalized spacial score (nSPS) is 20.6. The van der Waals surface area contributed by atoms with Crippen LogP contribution in [0.2, 0.25) is 5.02 Å². The summed E-state index contributed by atoms with van der Waals surface area (Å²) >= 11 is 6.12. The maximum Gasteiger partial charge on any atom is 0.416 e. The zero-order valence-corrected chi connectivity index (χ0v) is 17.1. The van der Waals surface area contributed by atoms with Gasteiger partial charge in [0.2, 0.25) is 5.89 Å². The number of nitrogens with zero attached hydrogens (tertiary/aromatic N) is 5. The molecule has 0 saturated carbocycles. The Hall–Kier alpha value is -2.33. The first kappa shape index (κ1) is 20.9. The Labute approximate surface area is 176 Å². The first-order valence-electron chi connectivity index (χ1n) is 9.63. The molecule has 0 radical (unpaired) electrons. The second kappa shape index (κ2) is 8.07. The van der Waals surface area contributed by atoms with Gasteiger partial charge in [-0.2, -0.15) is 18.2 Å². The third-order valence-corrected chi connectivity index (χ3v) is 5.85. The fraction of sp³-hybridized carbons (Fsp3) is 0.526. The number of benzene rings is 1. The lowest BCUT2D eigenvalue weighted by Crippen LogP contribution is -2.40. The lowest BCUT2D eigenvalue weighted by atomic mass is 10.1. The standard InChI is InChI=1S/C19H21ClF3N5O2/c1-12-24-17(30-25-12)11-27-6-7-28(18(27)29)15-4-5-26(10-15)9-13-8-14(19(21,22)23)2-3-16(13)20/h2-3,8,15H,4-7,9-11H2,1H3. The molecule has 0 N–H and O–H groups in total. The van der Waals surface area contributed by atoms with Crippen LogP contribution in [0.5, 0.6) is 0 Å². The minimum atomic E-state index is -4.41. The summed E-state index contributed by atoms with van der Waals surface area (Å²) in [6.45, 7) is 4.73. The maximum absolute atomic E-state index is 13.0. The number of likely N-dealkylation sites (tertiary alicyclic amines) is 1. The van der Waals surface area contributed by atoms with E-state index in [9.17, 15) is 18.0 Å². The second-order valence-electron chi connectivity index (χ2n) is 7.61. The molecule has 7 nitrogen and oxygen atoms in total. The average molecular weight is 444 g/mol. The van der Waals surface area contributed by atoms with Gasteiger partial charge in [-0.3, -0.25) is 4.90 Å². The van der Waals surface area contributed by atoms with Crippen LogP contribution in [0.1, 0.15) is 29.3 Å². The van der Waals surface area contributed by atoms with Crippen LogP contribution in [0, 0.1) is 6.92 Å². The van der Waals surface area contributed by atoms with E-state index in [0.717, 1.165) is 18.6 Å². The monoisotopic (exact) mass is 443 g/mol. The Bertz CT molecular complexity index is 935. The fourth-order valence-electron chi connectivity index (χ4n) is 3.98. The molecule has 11 heteroatoms. The third kappa shape index (κ3) is 4.39. The van der Waals surface area contributed by atoms with E-state index in [4.69, 9.17) is 16.1 Å². The smallest absolute Gasteiger partial charge is 0.337 e. The zero-order valence-electron chi connectivity index (χ0n) is 16.3. The third-order valence-electron chi connectivity index (χ3n) is 5.48. The van der Waals surface area contributed by atoms with E-state index in [0.29, 0.717) is 55.0 Å². The van der Waals surface area contributed by atoms with Crippen molar-refractivity contribution in [2.45, 2.75) is 38.7 Å². The van der Waals surface area contributed by atoms with Crippen LogP contribution < -0.4 is 0 Å². The average Bonchev–Trinajstić information content (AvgIpc) is 3.38. The van der Waals surface area contributed by atoms with Gasteiger partial charge >= 0.3 is 12.2 Å². The maximum atomic E-state index is 13.0. The van der Waals surface area contributed by atoms with Gasteiger partial charge in [-0.25, -0.2) is 4.79 Å². The molecule has 2 amide bonds. The Morgan fingerprint density at radius 3 is 2.73 bits per heavy atom. The molecule has 0 bridgehead atoms. The predicted octanol–water partition coefficient (Wildman–Crippen LogP) is 3.56. The molecule has 2 fully saturated rings. The van der Waals surface area contributed by atoms with Crippen molar-refractivity contribution >= 4 is 17.6 Å². The highest BCUT2D eigenvalue weighted by Gasteiger charge is 2.38. The number of amides is 2. The molecule has 2 saturated heterocycles. The number of aryl methyl sites for hydroxylation is 1. The van der Waals surface area contributed by atoms with E-state index in [-0.39, 0.29) is 18.6 Å². The van der Waals surface area contributed by atoms with Gasteiger partial charge in [-0.15, -0.1) is 0 Å². The molecule has 0 spiro atoms. The van der Waals surface area contributed by atoms with Crippen LogP contribution in [-0.4, -0.2) is 63.1 Å². The molecular weight excluding hydrogens is 423 g/mol. The van der Waals surface area contributed by atoms with E-state index < -0.39 is 11.7 Å². The topological polar surface area (TPSA) is 65.7 Å². The molecule has 1 atom stereocenters. The minimum Gasteiger partial charge on any atom is -0.337 e. The van der Waals surface area contributed by atoms with Crippen molar-refractivity contribution in [2.24, 2.45) is 0 Å². The number of halogens is 4. The van der Waals surface area contributed by atoms with Crippen LogP contribution in [-0.2, 0) is 19.3 Å². The van der Waals surface area contributed by atoms with Crippen LogP contribution in [0.15, 0.2) is 22.7 Å². The highest BCUT2D eigenvalue weighted by molar-refractivity contribution is 6.31. The van der Waals surface area contributed by atoms with Gasteiger partial charge in [0.25, 0.3) is 0 Å². The quantitative estimate of drug-likeness (QED) is 0.707. The summed E-state index contributed by atoms with van der Waals surface area (Å²) in [6.07, 6.45) is -3.65. The first-order chi connectivity index (χ1) is 14.2. The Morgan fingerprint density at radius 1 is 1.23 bits per heavy atom. The fourth-order valence-corrected chi connectivity index (χ4v) is 4.16. The largest absolute Gasteiger partial charge is 0.416 e. The van der Waals surface area contributed by atoms with Crippen LogP contribution in [0.3, 0.4) is 0 Å². The number of urea groups is 1. The van der Waals surface area contributed by atoms with E-state index >= 15 is 0 Å². The molecule has 2 aliphatic rings. The summed E-state index contributed by atoms with van der Waals surface area (Å²) < 4.78 is 44.1. The van der Waals surface area contributed by atoms with E-state index in [2.05, 4.69) is 10.1 Å². The summed E-state index contributed by atoms with van der Waals surface area (Å²) in [7, 11) is 0. The van der Waals surface area contributed by atoms with Crippen molar-refractivity contribution in [3.05, 3.63) is 46.1 Å². The lowest BCUT2D eigenvalue weighted by molar-refractivity contribution is -0.137. The molecule has 2 aliphatic heterocycles. The Balaban J connectivity index is 1.36. The highest BCUT2D eigenvalue weighted by Crippen LogP contribution is 2.33. The number of alkyl halides is 3. The molecule has 4 rings (SSSR count). The molecule has 1 aromatic carbocycles. The van der Waals surface area contributed by atoms with Crippen molar-refractivity contribution in [1.82, 2.24) is 24.8 Å². The van der Waals surface area contributed by atoms with Gasteiger partial charge in [-0.05, 0) is 37.1 Å². The molecular formula is C19H21ClF3N5O2. The summed E-state index contributed by atoms with van der Waals surface area (Å²) in [5.41, 5.74) is -0.271. The number of aromatic nitrogens is 2. The minimum absolute atomic E-state index is 0.0106. The van der Waals surface area contributed by atoms with Crippen LogP contribution in [0.4, 0.5) is 18.0 Å². The zero-order chi connectivity index (χ0) is 21.5. The molecule has 30 heavy (non-hydrogen) atoms. The molecule has 3 heterocycles. The summed E-state index contributed by atoms with van der Waals surface area (Å²) in [6, 6.07) is 3.30. The second-order valence-corrected chi connectivity index (χ2v) is 8.02. The Kier molecular flexibility index (Phi) is 5.63. The lowest BCUT2D eigenvalue weighted by Gasteiger charge is -2.25. The van der Waals surface area contributed by atoms with Crippen LogP contribution >= 0.6 is 11.6 Å². The van der Waals surface area contributed by atoms with Crippen molar-refractivity contribution in [2.75, 3.05) is 26.2 Å². The van der Waals surface area contributed by atoms with Gasteiger partial charge in [0, 0.05) is 43.8 Å². The molecule has 162 valence electrons. The molecule has 1 aromatic heterocycles. The van der Waals surface area contributed by atoms with Crippen molar-refractivity contribution in [3.63, 3.8) is 0 Å². The van der Waals surface area contributed by atoms with Gasteiger partial charge in [-0.1, -0.05) is 16.8 Å². The molecule has 0 aliphatic carbocycles. The van der Waals surface area contributed by atoms with Crippen molar-refractivity contribution < 1.29 is 22.5 Å². The van der Waals surface area contributed by atoms with Crippen molar-refractivity contribution in [1.29, 1.82) is 0 Å². The first-order valence-corrected chi connectivity index (χ1v) is 10.0. The van der Waals surface area contributed by atoms with Gasteiger partial charge in [0.05, 0.1) is 5.56 Å². The molecule has 2 aromatic rings.